The van der Waals surface area contributed by atoms with Crippen molar-refractivity contribution in [3.05, 3.63) is 65.7 Å². The Balaban J connectivity index is 1.83. The summed E-state index contributed by atoms with van der Waals surface area (Å²) in [7, 11) is 1.41. The number of rotatable bonds is 9. The fraction of sp³-hybridized carbons (Fsp3) is 0.182. The number of phenolic OH excluding ortho intramolecular Hbond substituents is 2. The van der Waals surface area contributed by atoms with Gasteiger partial charge >= 0.3 is 11.9 Å². The molecule has 8 heteroatoms. The van der Waals surface area contributed by atoms with Gasteiger partial charge < -0.3 is 29.5 Å². The standard InChI is InChI=1S/C22H22O8/c1-28-20-12-16(4-9-19(20)25)6-10-21(26)29-14-18(13-23)30-22(27)11-5-15-2-7-17(24)8-3-15/h2-12,18,23-25H,13-14H2,1H3/t18-/m0/s1. The van der Waals surface area contributed by atoms with E-state index in [9.17, 15) is 24.9 Å². The summed E-state index contributed by atoms with van der Waals surface area (Å²) in [6.07, 6.45) is 4.25. The first-order chi connectivity index (χ1) is 14.4. The van der Waals surface area contributed by atoms with Crippen molar-refractivity contribution in [3.63, 3.8) is 0 Å². The van der Waals surface area contributed by atoms with Crippen LogP contribution in [0.4, 0.5) is 0 Å². The number of hydrogen-bond acceptors (Lipinski definition) is 8. The molecule has 0 aliphatic carbocycles. The Bertz CT molecular complexity index is 915. The van der Waals surface area contributed by atoms with Gasteiger partial charge in [0.05, 0.1) is 13.7 Å². The van der Waals surface area contributed by atoms with Crippen LogP contribution >= 0.6 is 0 Å². The number of esters is 2. The van der Waals surface area contributed by atoms with E-state index in [2.05, 4.69) is 0 Å². The predicted octanol–water partition coefficient (Wildman–Crippen LogP) is 2.28. The zero-order valence-corrected chi connectivity index (χ0v) is 16.2. The third kappa shape index (κ3) is 7.33. The van der Waals surface area contributed by atoms with Crippen LogP contribution < -0.4 is 4.74 Å². The Morgan fingerprint density at radius 3 is 2.27 bits per heavy atom. The first-order valence-corrected chi connectivity index (χ1v) is 8.91. The van der Waals surface area contributed by atoms with Gasteiger partial charge in [-0.3, -0.25) is 0 Å². The molecule has 2 rings (SSSR count). The molecule has 2 aromatic rings. The maximum Gasteiger partial charge on any atom is 0.331 e. The van der Waals surface area contributed by atoms with E-state index in [1.807, 2.05) is 0 Å². The predicted molar refractivity (Wildman–Crippen MR) is 109 cm³/mol. The molecular formula is C22H22O8. The maximum atomic E-state index is 11.8. The Labute approximate surface area is 173 Å². The lowest BCUT2D eigenvalue weighted by Crippen LogP contribution is -2.27. The molecular weight excluding hydrogens is 392 g/mol. The van der Waals surface area contributed by atoms with E-state index in [-0.39, 0.29) is 23.9 Å². The van der Waals surface area contributed by atoms with Gasteiger partial charge in [-0.2, -0.15) is 0 Å². The number of carbonyl (C=O) groups excluding carboxylic acids is 2. The zero-order chi connectivity index (χ0) is 21.9. The van der Waals surface area contributed by atoms with E-state index in [0.29, 0.717) is 11.1 Å². The summed E-state index contributed by atoms with van der Waals surface area (Å²) < 4.78 is 15.0. The van der Waals surface area contributed by atoms with Gasteiger partial charge in [-0.25, -0.2) is 9.59 Å². The van der Waals surface area contributed by atoms with Crippen LogP contribution in [0.1, 0.15) is 11.1 Å². The second kappa shape index (κ2) is 11.3. The molecule has 158 valence electrons. The molecule has 30 heavy (non-hydrogen) atoms. The van der Waals surface area contributed by atoms with E-state index in [4.69, 9.17) is 14.2 Å². The van der Waals surface area contributed by atoms with E-state index in [1.165, 1.54) is 43.5 Å². The molecule has 0 heterocycles. The summed E-state index contributed by atoms with van der Waals surface area (Å²) >= 11 is 0. The minimum absolute atomic E-state index is 0.0238. The summed E-state index contributed by atoms with van der Waals surface area (Å²) in [5.41, 5.74) is 1.28. The molecule has 3 N–H and O–H groups in total. The van der Waals surface area contributed by atoms with Crippen LogP contribution in [-0.2, 0) is 19.1 Å². The average Bonchev–Trinajstić information content (AvgIpc) is 2.75. The number of aliphatic hydroxyl groups is 1. The Morgan fingerprint density at radius 1 is 0.967 bits per heavy atom. The maximum absolute atomic E-state index is 11.8. The molecule has 0 saturated heterocycles. The first kappa shape index (κ1) is 22.5. The van der Waals surface area contributed by atoms with Crippen molar-refractivity contribution in [3.8, 4) is 17.2 Å². The van der Waals surface area contributed by atoms with Crippen molar-refractivity contribution >= 4 is 24.1 Å². The van der Waals surface area contributed by atoms with Gasteiger partial charge in [0.25, 0.3) is 0 Å². The highest BCUT2D eigenvalue weighted by Gasteiger charge is 2.14. The highest BCUT2D eigenvalue weighted by atomic mass is 16.6. The quantitative estimate of drug-likeness (QED) is 0.422. The average molecular weight is 414 g/mol. The van der Waals surface area contributed by atoms with Crippen LogP contribution in [0.25, 0.3) is 12.2 Å². The molecule has 0 fully saturated rings. The lowest BCUT2D eigenvalue weighted by atomic mass is 10.2. The van der Waals surface area contributed by atoms with Gasteiger partial charge in [0.2, 0.25) is 0 Å². The molecule has 8 nitrogen and oxygen atoms in total. The molecule has 0 unspecified atom stereocenters. The van der Waals surface area contributed by atoms with Crippen LogP contribution in [0.15, 0.2) is 54.6 Å². The second-order valence-electron chi connectivity index (χ2n) is 6.06. The monoisotopic (exact) mass is 414 g/mol. The highest BCUT2D eigenvalue weighted by Crippen LogP contribution is 2.26. The number of aromatic hydroxyl groups is 2. The van der Waals surface area contributed by atoms with Gasteiger partial charge in [0.1, 0.15) is 12.4 Å². The topological polar surface area (TPSA) is 123 Å². The smallest absolute Gasteiger partial charge is 0.331 e. The molecule has 0 amide bonds. The van der Waals surface area contributed by atoms with Crippen molar-refractivity contribution in [1.29, 1.82) is 0 Å². The minimum atomic E-state index is -1.02. The molecule has 0 aliphatic rings. The molecule has 1 atom stereocenters. The fourth-order valence-electron chi connectivity index (χ4n) is 2.26. The normalized spacial score (nSPS) is 12.1. The van der Waals surface area contributed by atoms with Gasteiger partial charge in [0.15, 0.2) is 17.6 Å². The number of carbonyl (C=O) groups is 2. The summed E-state index contributed by atoms with van der Waals surface area (Å²) in [6.45, 7) is -0.845. The van der Waals surface area contributed by atoms with Crippen LogP contribution in [0.5, 0.6) is 17.2 Å². The van der Waals surface area contributed by atoms with E-state index in [0.717, 1.165) is 12.2 Å². The van der Waals surface area contributed by atoms with E-state index >= 15 is 0 Å². The molecule has 0 spiro atoms. The van der Waals surface area contributed by atoms with Gasteiger partial charge in [-0.05, 0) is 47.5 Å². The SMILES string of the molecule is COc1cc(C=CC(=O)OC[C@H](CO)OC(=O)C=Cc2ccc(O)cc2)ccc1O. The summed E-state index contributed by atoms with van der Waals surface area (Å²) in [5.74, 6) is -1.07. The lowest BCUT2D eigenvalue weighted by molar-refractivity contribution is -0.154. The Kier molecular flexibility index (Phi) is 8.46. The molecule has 2 aromatic carbocycles. The van der Waals surface area contributed by atoms with Crippen LogP contribution in [-0.4, -0.2) is 53.7 Å². The van der Waals surface area contributed by atoms with Crippen molar-refractivity contribution in [2.24, 2.45) is 0 Å². The second-order valence-corrected chi connectivity index (χ2v) is 6.06. The number of hydrogen-bond donors (Lipinski definition) is 3. The number of benzene rings is 2. The van der Waals surface area contributed by atoms with Crippen molar-refractivity contribution in [2.75, 3.05) is 20.3 Å². The van der Waals surface area contributed by atoms with Crippen molar-refractivity contribution < 1.29 is 39.1 Å². The third-order valence-electron chi connectivity index (χ3n) is 3.82. The molecule has 0 bridgehead atoms. The van der Waals surface area contributed by atoms with Gasteiger partial charge in [-0.15, -0.1) is 0 Å². The van der Waals surface area contributed by atoms with Crippen LogP contribution in [0, 0.1) is 0 Å². The zero-order valence-electron chi connectivity index (χ0n) is 16.2. The van der Waals surface area contributed by atoms with Crippen molar-refractivity contribution in [2.45, 2.75) is 6.10 Å². The number of phenols is 2. The molecule has 0 aromatic heterocycles. The van der Waals surface area contributed by atoms with Crippen LogP contribution in [0.3, 0.4) is 0 Å². The Hall–Kier alpha value is -3.78. The molecule has 0 saturated carbocycles. The van der Waals surface area contributed by atoms with Gasteiger partial charge in [0, 0.05) is 12.2 Å². The van der Waals surface area contributed by atoms with E-state index < -0.39 is 24.6 Å². The number of methoxy groups -OCH3 is 1. The number of aliphatic hydroxyl groups excluding tert-OH is 1. The Morgan fingerprint density at radius 2 is 1.60 bits per heavy atom. The molecule has 0 radical (unpaired) electrons. The summed E-state index contributed by atoms with van der Waals surface area (Å²) in [6, 6.07) is 10.7. The number of ether oxygens (including phenoxy) is 3. The van der Waals surface area contributed by atoms with Crippen molar-refractivity contribution in [1.82, 2.24) is 0 Å². The largest absolute Gasteiger partial charge is 0.508 e. The minimum Gasteiger partial charge on any atom is -0.508 e. The summed E-state index contributed by atoms with van der Waals surface area (Å²) in [5, 5.41) is 28.1. The molecule has 0 aliphatic heterocycles. The van der Waals surface area contributed by atoms with E-state index in [1.54, 1.807) is 18.2 Å². The lowest BCUT2D eigenvalue weighted by Gasteiger charge is -2.13. The van der Waals surface area contributed by atoms with Crippen LogP contribution in [0.2, 0.25) is 0 Å². The van der Waals surface area contributed by atoms with Gasteiger partial charge in [-0.1, -0.05) is 18.2 Å². The summed E-state index contributed by atoms with van der Waals surface area (Å²) in [4.78, 5) is 23.7. The highest BCUT2D eigenvalue weighted by molar-refractivity contribution is 5.88. The fourth-order valence-corrected chi connectivity index (χ4v) is 2.26. The first-order valence-electron chi connectivity index (χ1n) is 8.91. The third-order valence-corrected chi connectivity index (χ3v) is 3.82.